The number of amides is 1. The molecule has 0 aliphatic carbocycles. The van der Waals surface area contributed by atoms with Crippen molar-refractivity contribution in [1.82, 2.24) is 20.5 Å². The Bertz CT molecular complexity index is 897. The third-order valence-electron chi connectivity index (χ3n) is 4.04. The van der Waals surface area contributed by atoms with Gasteiger partial charge in [-0.1, -0.05) is 31.5 Å². The Balaban J connectivity index is 1.57. The molecule has 1 amide bonds. The SMILES string of the molecule is Cc1ccc(-c2nc(CCNC(=O)c3n[nH]c(C(C)C)c3Br)co2)cc1. The zero-order valence-corrected chi connectivity index (χ0v) is 16.6. The lowest BCUT2D eigenvalue weighted by atomic mass is 10.1. The highest BCUT2D eigenvalue weighted by Crippen LogP contribution is 2.25. The van der Waals surface area contributed by atoms with Gasteiger partial charge in [-0.3, -0.25) is 9.89 Å². The monoisotopic (exact) mass is 416 g/mol. The first-order valence-corrected chi connectivity index (χ1v) is 9.28. The summed E-state index contributed by atoms with van der Waals surface area (Å²) in [6.07, 6.45) is 2.21. The molecular formula is C19H21BrN4O2. The third-order valence-corrected chi connectivity index (χ3v) is 4.84. The smallest absolute Gasteiger partial charge is 0.272 e. The van der Waals surface area contributed by atoms with Crippen molar-refractivity contribution in [1.29, 1.82) is 0 Å². The van der Waals surface area contributed by atoms with Crippen molar-refractivity contribution < 1.29 is 9.21 Å². The van der Waals surface area contributed by atoms with Crippen molar-refractivity contribution in [2.45, 2.75) is 33.1 Å². The lowest BCUT2D eigenvalue weighted by molar-refractivity contribution is 0.0948. The molecule has 0 saturated carbocycles. The van der Waals surface area contributed by atoms with Crippen molar-refractivity contribution in [3.05, 3.63) is 57.6 Å². The number of oxazole rings is 1. The predicted octanol–water partition coefficient (Wildman–Crippen LogP) is 4.23. The Morgan fingerprint density at radius 2 is 2.04 bits per heavy atom. The van der Waals surface area contributed by atoms with Crippen LogP contribution in [0.5, 0.6) is 0 Å². The Morgan fingerprint density at radius 1 is 1.31 bits per heavy atom. The van der Waals surface area contributed by atoms with Crippen LogP contribution in [0.2, 0.25) is 0 Å². The maximum absolute atomic E-state index is 12.3. The average molecular weight is 417 g/mol. The van der Waals surface area contributed by atoms with Gasteiger partial charge in [-0.05, 0) is 40.9 Å². The molecule has 0 atom stereocenters. The molecule has 2 N–H and O–H groups in total. The summed E-state index contributed by atoms with van der Waals surface area (Å²) >= 11 is 3.44. The van der Waals surface area contributed by atoms with Gasteiger partial charge in [0.2, 0.25) is 5.89 Å². The lowest BCUT2D eigenvalue weighted by Gasteiger charge is -2.03. The Labute approximate surface area is 160 Å². The molecule has 0 radical (unpaired) electrons. The van der Waals surface area contributed by atoms with Crippen LogP contribution in [0.15, 0.2) is 39.4 Å². The fraction of sp³-hybridized carbons (Fsp3) is 0.316. The standard InChI is InChI=1S/C19H21BrN4O2/c1-11(2)16-15(20)17(24-23-16)18(25)21-9-8-14-10-26-19(22-14)13-6-4-12(3)5-7-13/h4-7,10-11H,8-9H2,1-3H3,(H,21,25)(H,23,24). The second-order valence-electron chi connectivity index (χ2n) is 6.47. The summed E-state index contributed by atoms with van der Waals surface area (Å²) in [6.45, 7) is 6.57. The van der Waals surface area contributed by atoms with E-state index in [1.165, 1.54) is 5.56 Å². The van der Waals surface area contributed by atoms with Crippen LogP contribution in [-0.2, 0) is 6.42 Å². The maximum Gasteiger partial charge on any atom is 0.272 e. The van der Waals surface area contributed by atoms with Gasteiger partial charge >= 0.3 is 0 Å². The van der Waals surface area contributed by atoms with Gasteiger partial charge in [-0.2, -0.15) is 5.10 Å². The van der Waals surface area contributed by atoms with E-state index in [-0.39, 0.29) is 11.8 Å². The summed E-state index contributed by atoms with van der Waals surface area (Å²) < 4.78 is 6.25. The summed E-state index contributed by atoms with van der Waals surface area (Å²) in [5, 5.41) is 9.86. The highest BCUT2D eigenvalue weighted by molar-refractivity contribution is 9.10. The largest absolute Gasteiger partial charge is 0.444 e. The summed E-state index contributed by atoms with van der Waals surface area (Å²) in [6, 6.07) is 8.00. The number of aryl methyl sites for hydroxylation is 1. The molecule has 0 aliphatic rings. The van der Waals surface area contributed by atoms with Crippen molar-refractivity contribution >= 4 is 21.8 Å². The number of hydrogen-bond donors (Lipinski definition) is 2. The predicted molar refractivity (Wildman–Crippen MR) is 103 cm³/mol. The lowest BCUT2D eigenvalue weighted by Crippen LogP contribution is -2.26. The molecular weight excluding hydrogens is 396 g/mol. The summed E-state index contributed by atoms with van der Waals surface area (Å²) in [4.78, 5) is 16.8. The van der Waals surface area contributed by atoms with Crippen LogP contribution in [0.3, 0.4) is 0 Å². The highest BCUT2D eigenvalue weighted by Gasteiger charge is 2.19. The molecule has 0 unspecified atom stereocenters. The second kappa shape index (κ2) is 7.86. The quantitative estimate of drug-likeness (QED) is 0.629. The Hall–Kier alpha value is -2.41. The van der Waals surface area contributed by atoms with E-state index in [0.29, 0.717) is 29.0 Å². The Kier molecular flexibility index (Phi) is 5.56. The van der Waals surface area contributed by atoms with Crippen molar-refractivity contribution in [2.24, 2.45) is 0 Å². The van der Waals surface area contributed by atoms with E-state index in [4.69, 9.17) is 4.42 Å². The molecule has 0 fully saturated rings. The van der Waals surface area contributed by atoms with E-state index >= 15 is 0 Å². The number of halogens is 1. The molecule has 0 saturated heterocycles. The van der Waals surface area contributed by atoms with Gasteiger partial charge in [0.1, 0.15) is 6.26 Å². The van der Waals surface area contributed by atoms with E-state index in [1.54, 1.807) is 6.26 Å². The molecule has 2 heterocycles. The minimum absolute atomic E-state index is 0.220. The van der Waals surface area contributed by atoms with E-state index in [0.717, 1.165) is 17.0 Å². The van der Waals surface area contributed by atoms with E-state index in [2.05, 4.69) is 36.4 Å². The highest BCUT2D eigenvalue weighted by atomic mass is 79.9. The van der Waals surface area contributed by atoms with Crippen LogP contribution in [0.25, 0.3) is 11.5 Å². The van der Waals surface area contributed by atoms with Gasteiger partial charge in [0, 0.05) is 18.5 Å². The number of nitrogens with zero attached hydrogens (tertiary/aromatic N) is 2. The van der Waals surface area contributed by atoms with Crippen LogP contribution in [-0.4, -0.2) is 27.6 Å². The number of hydrogen-bond acceptors (Lipinski definition) is 4. The van der Waals surface area contributed by atoms with Crippen LogP contribution in [0.1, 0.15) is 47.2 Å². The molecule has 26 heavy (non-hydrogen) atoms. The first-order chi connectivity index (χ1) is 12.5. The van der Waals surface area contributed by atoms with Gasteiger partial charge in [-0.15, -0.1) is 0 Å². The van der Waals surface area contributed by atoms with Crippen molar-refractivity contribution in [2.75, 3.05) is 6.54 Å². The molecule has 7 heteroatoms. The average Bonchev–Trinajstić information content (AvgIpc) is 3.22. The zero-order valence-electron chi connectivity index (χ0n) is 15.0. The number of rotatable bonds is 6. The van der Waals surface area contributed by atoms with Crippen LogP contribution in [0, 0.1) is 6.92 Å². The van der Waals surface area contributed by atoms with Gasteiger partial charge in [0.05, 0.1) is 15.9 Å². The van der Waals surface area contributed by atoms with E-state index < -0.39 is 0 Å². The number of benzene rings is 1. The maximum atomic E-state index is 12.3. The minimum Gasteiger partial charge on any atom is -0.444 e. The first-order valence-electron chi connectivity index (χ1n) is 8.49. The fourth-order valence-corrected chi connectivity index (χ4v) is 3.33. The van der Waals surface area contributed by atoms with E-state index in [9.17, 15) is 4.79 Å². The number of aromatic nitrogens is 3. The number of H-pyrrole nitrogens is 1. The molecule has 6 nitrogen and oxygen atoms in total. The molecule has 3 aromatic rings. The molecule has 0 aliphatic heterocycles. The first kappa shape index (κ1) is 18.4. The second-order valence-corrected chi connectivity index (χ2v) is 7.26. The summed E-state index contributed by atoms with van der Waals surface area (Å²) in [7, 11) is 0. The van der Waals surface area contributed by atoms with Crippen LogP contribution >= 0.6 is 15.9 Å². The number of nitrogens with one attached hydrogen (secondary N) is 2. The summed E-state index contributed by atoms with van der Waals surface area (Å²) in [5.41, 5.74) is 4.20. The van der Waals surface area contributed by atoms with Gasteiger partial charge < -0.3 is 9.73 Å². The van der Waals surface area contributed by atoms with Crippen LogP contribution < -0.4 is 5.32 Å². The normalized spacial score (nSPS) is 11.1. The third kappa shape index (κ3) is 4.04. The van der Waals surface area contributed by atoms with Crippen molar-refractivity contribution in [3.8, 4) is 11.5 Å². The Morgan fingerprint density at radius 3 is 2.69 bits per heavy atom. The molecule has 3 rings (SSSR count). The van der Waals surface area contributed by atoms with Gasteiger partial charge in [-0.25, -0.2) is 4.98 Å². The molecule has 0 bridgehead atoms. The molecule has 2 aromatic heterocycles. The minimum atomic E-state index is -0.220. The molecule has 1 aromatic carbocycles. The summed E-state index contributed by atoms with van der Waals surface area (Å²) in [5.74, 6) is 0.624. The number of aromatic amines is 1. The van der Waals surface area contributed by atoms with Crippen molar-refractivity contribution in [3.63, 3.8) is 0 Å². The number of carbonyl (C=O) groups is 1. The van der Waals surface area contributed by atoms with Gasteiger partial charge in [0.15, 0.2) is 5.69 Å². The van der Waals surface area contributed by atoms with Crippen LogP contribution in [0.4, 0.5) is 0 Å². The molecule has 0 spiro atoms. The van der Waals surface area contributed by atoms with E-state index in [1.807, 2.05) is 45.0 Å². The molecule has 136 valence electrons. The zero-order chi connectivity index (χ0) is 18.7. The fourth-order valence-electron chi connectivity index (χ4n) is 2.51. The topological polar surface area (TPSA) is 83.8 Å². The number of carbonyl (C=O) groups excluding carboxylic acids is 1. The van der Waals surface area contributed by atoms with Gasteiger partial charge in [0.25, 0.3) is 5.91 Å².